The number of imidazole rings is 1. The van der Waals surface area contributed by atoms with E-state index in [1.807, 2.05) is 42.5 Å². The first-order valence-electron chi connectivity index (χ1n) is 11.7. The molecule has 3 heterocycles. The fourth-order valence-corrected chi connectivity index (χ4v) is 4.31. The normalized spacial score (nSPS) is 11.7. The van der Waals surface area contributed by atoms with Crippen molar-refractivity contribution < 1.29 is 18.0 Å². The molecule has 0 radical (unpaired) electrons. The predicted molar refractivity (Wildman–Crippen MR) is 137 cm³/mol. The van der Waals surface area contributed by atoms with Gasteiger partial charge in [0.2, 0.25) is 0 Å². The molecule has 0 bridgehead atoms. The lowest BCUT2D eigenvalue weighted by molar-refractivity contribution is -0.137. The molecule has 38 heavy (non-hydrogen) atoms. The summed E-state index contributed by atoms with van der Waals surface area (Å²) in [5.41, 5.74) is 2.85. The third-order valence-corrected chi connectivity index (χ3v) is 6.13. The number of fused-ring (bicyclic) bond motifs is 1. The van der Waals surface area contributed by atoms with Crippen LogP contribution >= 0.6 is 0 Å². The molecule has 0 spiro atoms. The number of rotatable bonds is 4. The van der Waals surface area contributed by atoms with Crippen molar-refractivity contribution >= 4 is 16.9 Å². The molecular weight excluding hydrogens is 491 g/mol. The lowest BCUT2D eigenvalue weighted by Gasteiger charge is -2.09. The van der Waals surface area contributed by atoms with Gasteiger partial charge in [0.25, 0.3) is 5.91 Å². The van der Waals surface area contributed by atoms with Crippen molar-refractivity contribution in [1.29, 1.82) is 0 Å². The van der Waals surface area contributed by atoms with Gasteiger partial charge in [-0.2, -0.15) is 18.3 Å². The number of para-hydroxylation sites is 3. The molecule has 186 valence electrons. The van der Waals surface area contributed by atoms with Crippen LogP contribution in [0.5, 0.6) is 0 Å². The van der Waals surface area contributed by atoms with Crippen LogP contribution in [0.4, 0.5) is 13.2 Å². The van der Waals surface area contributed by atoms with E-state index in [1.54, 1.807) is 41.3 Å². The maximum atomic E-state index is 13.7. The van der Waals surface area contributed by atoms with E-state index >= 15 is 0 Å². The number of hydrogen-bond acceptors (Lipinski definition) is 4. The Hall–Kier alpha value is -5.05. The monoisotopic (exact) mass is 509 g/mol. The van der Waals surface area contributed by atoms with Crippen molar-refractivity contribution in [2.75, 3.05) is 0 Å². The molecule has 6 aromatic rings. The lowest BCUT2D eigenvalue weighted by atomic mass is 10.1. The van der Waals surface area contributed by atoms with Crippen molar-refractivity contribution in [2.45, 2.75) is 6.18 Å². The van der Waals surface area contributed by atoms with Gasteiger partial charge in [-0.3, -0.25) is 14.3 Å². The van der Waals surface area contributed by atoms with E-state index in [2.05, 4.69) is 4.98 Å². The number of halogens is 3. The van der Waals surface area contributed by atoms with E-state index in [9.17, 15) is 18.0 Å². The topological polar surface area (TPSA) is 65.6 Å². The predicted octanol–water partition coefficient (Wildman–Crippen LogP) is 6.66. The molecule has 0 N–H and O–H groups in total. The standard InChI is InChI=1S/C29H18F3N5O/c30-29(31,32)21-14-12-19(13-15-21)26-23(18-36(35-26)22-8-2-1-3-9-22)27-34-24-10-4-5-11-25(24)37(27)28(38)20-7-6-16-33-17-20/h1-18H. The summed E-state index contributed by atoms with van der Waals surface area (Å²) in [4.78, 5) is 22.6. The second-order valence-corrected chi connectivity index (χ2v) is 8.55. The summed E-state index contributed by atoms with van der Waals surface area (Å²) in [6.45, 7) is 0. The van der Waals surface area contributed by atoms with E-state index < -0.39 is 11.7 Å². The molecule has 0 unspecified atom stereocenters. The molecule has 0 aliphatic rings. The van der Waals surface area contributed by atoms with Crippen LogP contribution < -0.4 is 0 Å². The van der Waals surface area contributed by atoms with Crippen LogP contribution in [0.15, 0.2) is 110 Å². The zero-order valence-electron chi connectivity index (χ0n) is 19.7. The molecule has 0 saturated heterocycles. The Morgan fingerprint density at radius 2 is 1.55 bits per heavy atom. The van der Waals surface area contributed by atoms with E-state index in [0.717, 1.165) is 17.8 Å². The maximum Gasteiger partial charge on any atom is 0.416 e. The van der Waals surface area contributed by atoms with Crippen molar-refractivity contribution in [2.24, 2.45) is 0 Å². The van der Waals surface area contributed by atoms with Crippen molar-refractivity contribution in [3.05, 3.63) is 121 Å². The minimum Gasteiger partial charge on any atom is -0.268 e. The molecule has 0 amide bonds. The van der Waals surface area contributed by atoms with E-state index in [-0.39, 0.29) is 5.91 Å². The molecule has 9 heteroatoms. The van der Waals surface area contributed by atoms with Gasteiger partial charge in [-0.25, -0.2) is 9.67 Å². The molecule has 0 fully saturated rings. The highest BCUT2D eigenvalue weighted by Gasteiger charge is 2.30. The first-order valence-corrected chi connectivity index (χ1v) is 11.7. The van der Waals surface area contributed by atoms with Gasteiger partial charge in [-0.05, 0) is 48.5 Å². The number of nitrogens with zero attached hydrogens (tertiary/aromatic N) is 5. The highest BCUT2D eigenvalue weighted by atomic mass is 19.4. The summed E-state index contributed by atoms with van der Waals surface area (Å²) < 4.78 is 42.8. The number of alkyl halides is 3. The summed E-state index contributed by atoms with van der Waals surface area (Å²) in [6, 6.07) is 24.6. The zero-order valence-corrected chi connectivity index (χ0v) is 19.7. The third kappa shape index (κ3) is 4.13. The van der Waals surface area contributed by atoms with Crippen LogP contribution in [-0.2, 0) is 6.18 Å². The van der Waals surface area contributed by atoms with E-state index in [1.165, 1.54) is 22.9 Å². The molecule has 3 aromatic heterocycles. The first-order chi connectivity index (χ1) is 18.4. The number of benzene rings is 3. The van der Waals surface area contributed by atoms with Crippen LogP contribution in [0.25, 0.3) is 39.4 Å². The number of carbonyl (C=O) groups is 1. The van der Waals surface area contributed by atoms with Crippen LogP contribution in [0.1, 0.15) is 15.9 Å². The summed E-state index contributed by atoms with van der Waals surface area (Å²) in [6.07, 6.45) is 0.326. The Balaban J connectivity index is 1.60. The largest absolute Gasteiger partial charge is 0.416 e. The summed E-state index contributed by atoms with van der Waals surface area (Å²) in [7, 11) is 0. The second-order valence-electron chi connectivity index (χ2n) is 8.55. The van der Waals surface area contributed by atoms with E-state index in [4.69, 9.17) is 10.1 Å². The molecule has 0 atom stereocenters. The van der Waals surface area contributed by atoms with Crippen LogP contribution in [-0.4, -0.2) is 30.2 Å². The highest BCUT2D eigenvalue weighted by molar-refractivity contribution is 6.04. The van der Waals surface area contributed by atoms with Crippen molar-refractivity contribution in [3.63, 3.8) is 0 Å². The fraction of sp³-hybridized carbons (Fsp3) is 0.0345. The van der Waals surface area contributed by atoms with Crippen molar-refractivity contribution in [1.82, 2.24) is 24.3 Å². The highest BCUT2D eigenvalue weighted by Crippen LogP contribution is 2.36. The van der Waals surface area contributed by atoms with Gasteiger partial charge in [0.15, 0.2) is 5.82 Å². The number of pyridine rings is 1. The Labute approximate surface area is 214 Å². The SMILES string of the molecule is O=C(c1cccnc1)n1c(-c2cn(-c3ccccc3)nc2-c2ccc(C(F)(F)F)cc2)nc2ccccc21. The summed E-state index contributed by atoms with van der Waals surface area (Å²) in [5.74, 6) is -0.0234. The van der Waals surface area contributed by atoms with Gasteiger partial charge in [-0.15, -0.1) is 0 Å². The molecule has 0 aliphatic carbocycles. The zero-order chi connectivity index (χ0) is 26.3. The van der Waals surface area contributed by atoms with Crippen LogP contribution in [0.2, 0.25) is 0 Å². The van der Waals surface area contributed by atoms with Crippen LogP contribution in [0, 0.1) is 0 Å². The van der Waals surface area contributed by atoms with Gasteiger partial charge >= 0.3 is 6.18 Å². The molecule has 0 saturated carbocycles. The molecule has 0 aliphatic heterocycles. The molecular formula is C29H18F3N5O. The molecule has 6 rings (SSSR count). The van der Waals surface area contributed by atoms with Crippen molar-refractivity contribution in [3.8, 4) is 28.3 Å². The van der Waals surface area contributed by atoms with Gasteiger partial charge in [-0.1, -0.05) is 42.5 Å². The molecule has 3 aromatic carbocycles. The lowest BCUT2D eigenvalue weighted by Crippen LogP contribution is -2.13. The Morgan fingerprint density at radius 1 is 0.816 bits per heavy atom. The van der Waals surface area contributed by atoms with Gasteiger partial charge in [0.05, 0.1) is 33.4 Å². The Morgan fingerprint density at radius 3 is 2.26 bits per heavy atom. The van der Waals surface area contributed by atoms with Gasteiger partial charge < -0.3 is 0 Å². The average Bonchev–Trinajstić information content (AvgIpc) is 3.55. The molecule has 6 nitrogen and oxygen atoms in total. The van der Waals surface area contributed by atoms with Gasteiger partial charge in [0, 0.05) is 24.2 Å². The quantitative estimate of drug-likeness (QED) is 0.267. The third-order valence-electron chi connectivity index (χ3n) is 6.13. The minimum atomic E-state index is -4.46. The first kappa shape index (κ1) is 23.4. The Kier molecular flexibility index (Phi) is 5.60. The van der Waals surface area contributed by atoms with E-state index in [0.29, 0.717) is 39.2 Å². The number of aromatic nitrogens is 5. The summed E-state index contributed by atoms with van der Waals surface area (Å²) in [5, 5.41) is 4.72. The van der Waals surface area contributed by atoms with Crippen LogP contribution in [0.3, 0.4) is 0 Å². The summed E-state index contributed by atoms with van der Waals surface area (Å²) >= 11 is 0. The second kappa shape index (κ2) is 9.11. The fourth-order valence-electron chi connectivity index (χ4n) is 4.31. The minimum absolute atomic E-state index is 0.317. The maximum absolute atomic E-state index is 13.7. The average molecular weight is 509 g/mol. The smallest absolute Gasteiger partial charge is 0.268 e. The number of hydrogen-bond donors (Lipinski definition) is 0. The Bertz CT molecular complexity index is 1760. The number of carbonyl (C=O) groups excluding carboxylic acids is 1. The van der Waals surface area contributed by atoms with Gasteiger partial charge in [0.1, 0.15) is 5.69 Å².